The van der Waals surface area contributed by atoms with Gasteiger partial charge in [-0.3, -0.25) is 4.79 Å². The maximum Gasteiger partial charge on any atom is 0.315 e. The highest BCUT2D eigenvalue weighted by Crippen LogP contribution is 2.17. The summed E-state index contributed by atoms with van der Waals surface area (Å²) in [6.45, 7) is 1.27. The number of carbonyl (C=O) groups is 2. The highest BCUT2D eigenvalue weighted by atomic mass is 16.2. The molecule has 0 aromatic heterocycles. The van der Waals surface area contributed by atoms with Crippen LogP contribution in [0.3, 0.4) is 0 Å². The van der Waals surface area contributed by atoms with Gasteiger partial charge < -0.3 is 16.0 Å². The van der Waals surface area contributed by atoms with Crippen LogP contribution in [0.5, 0.6) is 0 Å². The zero-order chi connectivity index (χ0) is 18.5. The van der Waals surface area contributed by atoms with Crippen molar-refractivity contribution in [2.75, 3.05) is 13.1 Å². The summed E-state index contributed by atoms with van der Waals surface area (Å²) in [5.41, 5.74) is 1.34. The fourth-order valence-electron chi connectivity index (χ4n) is 3.35. The van der Waals surface area contributed by atoms with Gasteiger partial charge in [0.15, 0.2) is 0 Å². The summed E-state index contributed by atoms with van der Waals surface area (Å²) in [4.78, 5) is 23.6. The molecule has 0 bridgehead atoms. The molecule has 1 aliphatic carbocycles. The molecule has 1 aromatic carbocycles. The van der Waals surface area contributed by atoms with E-state index >= 15 is 0 Å². The van der Waals surface area contributed by atoms with E-state index in [2.05, 4.69) is 40.2 Å². The van der Waals surface area contributed by atoms with Gasteiger partial charge in [0.25, 0.3) is 0 Å². The van der Waals surface area contributed by atoms with Gasteiger partial charge in [0, 0.05) is 25.6 Å². The first-order chi connectivity index (χ1) is 12.7. The Morgan fingerprint density at radius 3 is 2.38 bits per heavy atom. The van der Waals surface area contributed by atoms with E-state index in [4.69, 9.17) is 0 Å². The lowest BCUT2D eigenvalue weighted by molar-refractivity contribution is -0.121. The van der Waals surface area contributed by atoms with Crippen LogP contribution in [0.1, 0.15) is 63.4 Å². The van der Waals surface area contributed by atoms with Gasteiger partial charge in [-0.2, -0.15) is 0 Å². The second-order valence-corrected chi connectivity index (χ2v) is 7.13. The number of rotatable bonds is 10. The van der Waals surface area contributed by atoms with Crippen LogP contribution in [-0.4, -0.2) is 31.1 Å². The Morgan fingerprint density at radius 1 is 0.885 bits per heavy atom. The van der Waals surface area contributed by atoms with Crippen molar-refractivity contribution in [1.29, 1.82) is 0 Å². The van der Waals surface area contributed by atoms with Gasteiger partial charge in [-0.1, -0.05) is 49.6 Å². The Hall–Kier alpha value is -2.04. The van der Waals surface area contributed by atoms with Gasteiger partial charge in [0.2, 0.25) is 5.91 Å². The molecule has 0 saturated heterocycles. The van der Waals surface area contributed by atoms with Crippen LogP contribution in [-0.2, 0) is 11.2 Å². The Balaban J connectivity index is 1.41. The predicted molar refractivity (Wildman–Crippen MR) is 105 cm³/mol. The van der Waals surface area contributed by atoms with E-state index in [0.29, 0.717) is 25.4 Å². The quantitative estimate of drug-likeness (QED) is 0.559. The third-order valence-electron chi connectivity index (χ3n) is 4.86. The van der Waals surface area contributed by atoms with Crippen molar-refractivity contribution in [3.63, 3.8) is 0 Å². The van der Waals surface area contributed by atoms with E-state index < -0.39 is 0 Å². The average Bonchev–Trinajstić information content (AvgIpc) is 2.66. The monoisotopic (exact) mass is 359 g/mol. The van der Waals surface area contributed by atoms with Gasteiger partial charge in [-0.15, -0.1) is 0 Å². The normalized spacial score (nSPS) is 14.6. The minimum absolute atomic E-state index is 0.0687. The van der Waals surface area contributed by atoms with E-state index in [9.17, 15) is 9.59 Å². The smallest absolute Gasteiger partial charge is 0.315 e. The first-order valence-corrected chi connectivity index (χ1v) is 10.1. The molecule has 3 N–H and O–H groups in total. The van der Waals surface area contributed by atoms with Crippen LogP contribution in [0.2, 0.25) is 0 Å². The molecular weight excluding hydrogens is 326 g/mol. The number of aryl methyl sites for hydroxylation is 1. The average molecular weight is 360 g/mol. The van der Waals surface area contributed by atoms with Gasteiger partial charge in [0.05, 0.1) is 0 Å². The molecular formula is C21H33N3O2. The standard InChI is InChI=1S/C21H33N3O2/c25-20(22-16-8-7-12-18-10-3-1-4-11-18)15-9-17-23-21(26)24-19-13-5-2-6-14-19/h1,3-4,10-11,19H,2,5-9,12-17H2,(H,22,25)(H2,23,24,26). The topological polar surface area (TPSA) is 70.2 Å². The van der Waals surface area contributed by atoms with Gasteiger partial charge in [0.1, 0.15) is 0 Å². The van der Waals surface area contributed by atoms with Gasteiger partial charge >= 0.3 is 6.03 Å². The molecule has 5 nitrogen and oxygen atoms in total. The predicted octanol–water partition coefficient (Wildman–Crippen LogP) is 3.54. The van der Waals surface area contributed by atoms with Crippen molar-refractivity contribution in [2.45, 2.75) is 70.3 Å². The number of unbranched alkanes of at least 4 members (excludes halogenated alkanes) is 1. The molecule has 0 atom stereocenters. The number of benzene rings is 1. The van der Waals surface area contributed by atoms with E-state index in [0.717, 1.165) is 38.6 Å². The van der Waals surface area contributed by atoms with Crippen molar-refractivity contribution in [3.05, 3.63) is 35.9 Å². The SMILES string of the molecule is O=C(CCCNC(=O)NC1CCCCC1)NCCCCc1ccccc1. The summed E-state index contributed by atoms with van der Waals surface area (Å²) in [6.07, 6.45) is 10.1. The molecule has 0 spiro atoms. The fourth-order valence-corrected chi connectivity index (χ4v) is 3.35. The summed E-state index contributed by atoms with van der Waals surface area (Å²) in [5.74, 6) is 0.0687. The summed E-state index contributed by atoms with van der Waals surface area (Å²) in [5, 5.41) is 8.82. The Morgan fingerprint density at radius 2 is 1.62 bits per heavy atom. The van der Waals surface area contributed by atoms with E-state index in [1.807, 2.05) is 6.07 Å². The van der Waals surface area contributed by atoms with Crippen LogP contribution >= 0.6 is 0 Å². The van der Waals surface area contributed by atoms with E-state index in [1.54, 1.807) is 0 Å². The van der Waals surface area contributed by atoms with Crippen LogP contribution in [0, 0.1) is 0 Å². The zero-order valence-corrected chi connectivity index (χ0v) is 15.8. The van der Waals surface area contributed by atoms with E-state index in [1.165, 1.54) is 24.8 Å². The molecule has 1 aliphatic rings. The number of nitrogens with one attached hydrogen (secondary N) is 3. The van der Waals surface area contributed by atoms with Crippen molar-refractivity contribution in [1.82, 2.24) is 16.0 Å². The lowest BCUT2D eigenvalue weighted by Gasteiger charge is -2.22. The minimum atomic E-state index is -0.0989. The summed E-state index contributed by atoms with van der Waals surface area (Å²) in [7, 11) is 0. The Bertz CT molecular complexity index is 527. The molecule has 3 amide bonds. The highest BCUT2D eigenvalue weighted by Gasteiger charge is 2.15. The lowest BCUT2D eigenvalue weighted by Crippen LogP contribution is -2.43. The fraction of sp³-hybridized carbons (Fsp3) is 0.619. The molecule has 0 heterocycles. The lowest BCUT2D eigenvalue weighted by atomic mass is 9.96. The molecule has 0 radical (unpaired) electrons. The summed E-state index contributed by atoms with van der Waals surface area (Å²) >= 11 is 0. The molecule has 1 aromatic rings. The molecule has 0 aliphatic heterocycles. The molecule has 26 heavy (non-hydrogen) atoms. The van der Waals surface area contributed by atoms with Crippen molar-refractivity contribution in [3.8, 4) is 0 Å². The van der Waals surface area contributed by atoms with Crippen molar-refractivity contribution < 1.29 is 9.59 Å². The van der Waals surface area contributed by atoms with Gasteiger partial charge in [-0.05, 0) is 44.1 Å². The number of hydrogen-bond acceptors (Lipinski definition) is 2. The second kappa shape index (κ2) is 12.3. The molecule has 1 saturated carbocycles. The third kappa shape index (κ3) is 8.88. The van der Waals surface area contributed by atoms with Crippen LogP contribution < -0.4 is 16.0 Å². The Kier molecular flexibility index (Phi) is 9.62. The first kappa shape index (κ1) is 20.3. The summed E-state index contributed by atoms with van der Waals surface area (Å²) < 4.78 is 0. The van der Waals surface area contributed by atoms with Gasteiger partial charge in [-0.25, -0.2) is 4.79 Å². The minimum Gasteiger partial charge on any atom is -0.356 e. The number of amides is 3. The van der Waals surface area contributed by atoms with Crippen LogP contribution in [0.4, 0.5) is 4.79 Å². The second-order valence-electron chi connectivity index (χ2n) is 7.13. The highest BCUT2D eigenvalue weighted by molar-refractivity contribution is 5.76. The number of carbonyl (C=O) groups excluding carboxylic acids is 2. The number of hydrogen-bond donors (Lipinski definition) is 3. The molecule has 1 fully saturated rings. The largest absolute Gasteiger partial charge is 0.356 e. The third-order valence-corrected chi connectivity index (χ3v) is 4.86. The molecule has 144 valence electrons. The number of urea groups is 1. The Labute approximate surface area is 157 Å². The first-order valence-electron chi connectivity index (χ1n) is 10.1. The van der Waals surface area contributed by atoms with Crippen molar-refractivity contribution >= 4 is 11.9 Å². The molecule has 0 unspecified atom stereocenters. The summed E-state index contributed by atoms with van der Waals surface area (Å²) in [6, 6.07) is 10.6. The maximum atomic E-state index is 11.8. The van der Waals surface area contributed by atoms with E-state index in [-0.39, 0.29) is 11.9 Å². The maximum absolute atomic E-state index is 11.8. The van der Waals surface area contributed by atoms with Crippen LogP contribution in [0.25, 0.3) is 0 Å². The van der Waals surface area contributed by atoms with Crippen LogP contribution in [0.15, 0.2) is 30.3 Å². The zero-order valence-electron chi connectivity index (χ0n) is 15.8. The van der Waals surface area contributed by atoms with Crippen molar-refractivity contribution in [2.24, 2.45) is 0 Å². The molecule has 2 rings (SSSR count). The molecule has 5 heteroatoms.